The highest BCUT2D eigenvalue weighted by molar-refractivity contribution is 6.17. The molecule has 0 radical (unpaired) electrons. The summed E-state index contributed by atoms with van der Waals surface area (Å²) in [6.07, 6.45) is 0.957. The zero-order valence-corrected chi connectivity index (χ0v) is 11.2. The van der Waals surface area contributed by atoms with Crippen LogP contribution in [-0.2, 0) is 4.79 Å². The summed E-state index contributed by atoms with van der Waals surface area (Å²) in [4.78, 5) is 23.3. The molecule has 0 saturated carbocycles. The Kier molecular flexibility index (Phi) is 4.74. The molecule has 102 valence electrons. The van der Waals surface area contributed by atoms with Crippen LogP contribution < -0.4 is 10.1 Å². The van der Waals surface area contributed by atoms with E-state index in [1.54, 1.807) is 18.2 Å². The second-order valence-corrected chi connectivity index (χ2v) is 4.68. The third-order valence-corrected chi connectivity index (χ3v) is 3.15. The van der Waals surface area contributed by atoms with Gasteiger partial charge in [-0.2, -0.15) is 0 Å². The van der Waals surface area contributed by atoms with Gasteiger partial charge in [0.25, 0.3) is 0 Å². The fourth-order valence-electron chi connectivity index (χ4n) is 1.92. The second kappa shape index (κ2) is 6.52. The lowest BCUT2D eigenvalue weighted by atomic mass is 10.3. The van der Waals surface area contributed by atoms with Crippen molar-refractivity contribution in [2.75, 3.05) is 12.4 Å². The second-order valence-electron chi connectivity index (χ2n) is 4.30. The van der Waals surface area contributed by atoms with Crippen molar-refractivity contribution in [3.05, 3.63) is 29.2 Å². The van der Waals surface area contributed by atoms with E-state index in [0.717, 1.165) is 4.76 Å². The van der Waals surface area contributed by atoms with E-state index in [-0.39, 0.29) is 5.91 Å². The van der Waals surface area contributed by atoms with Gasteiger partial charge in [-0.15, -0.1) is 11.6 Å². The number of hydrogen-bond acceptors (Lipinski definition) is 3. The molecule has 0 aliphatic carbocycles. The summed E-state index contributed by atoms with van der Waals surface area (Å²) < 4.78 is 6.37. The summed E-state index contributed by atoms with van der Waals surface area (Å²) in [6, 6.07) is 7.10. The SMILES string of the molecule is O=C(CCCCl)NCCC1Oc2ccccc2[N+]1=O. The molecule has 6 heteroatoms. The molecule has 1 heterocycles. The van der Waals surface area contributed by atoms with Crippen LogP contribution in [0.15, 0.2) is 24.3 Å². The van der Waals surface area contributed by atoms with Crippen LogP contribution in [0.25, 0.3) is 0 Å². The van der Waals surface area contributed by atoms with Gasteiger partial charge in [0.2, 0.25) is 11.7 Å². The summed E-state index contributed by atoms with van der Waals surface area (Å²) in [6.45, 7) is 0.415. The Bertz CT molecular complexity index is 479. The van der Waals surface area contributed by atoms with E-state index >= 15 is 0 Å². The molecule has 1 aromatic carbocycles. The number of amides is 1. The van der Waals surface area contributed by atoms with Crippen molar-refractivity contribution in [2.45, 2.75) is 25.5 Å². The predicted octanol–water partition coefficient (Wildman–Crippen LogP) is 2.34. The zero-order valence-electron chi connectivity index (χ0n) is 10.5. The predicted molar refractivity (Wildman–Crippen MR) is 71.7 cm³/mol. The van der Waals surface area contributed by atoms with E-state index < -0.39 is 6.23 Å². The number of halogens is 1. The highest BCUT2D eigenvalue weighted by Gasteiger charge is 2.39. The molecule has 5 nitrogen and oxygen atoms in total. The Morgan fingerprint density at radius 2 is 2.21 bits per heavy atom. The van der Waals surface area contributed by atoms with Crippen molar-refractivity contribution in [2.24, 2.45) is 0 Å². The number of nitroso groups, excluding NO2 is 1. The molecule has 1 aliphatic heterocycles. The van der Waals surface area contributed by atoms with E-state index in [0.29, 0.717) is 43.1 Å². The van der Waals surface area contributed by atoms with Gasteiger partial charge in [0.1, 0.15) is 0 Å². The number of nitrogens with one attached hydrogen (secondary N) is 1. The molecule has 1 unspecified atom stereocenters. The molecule has 0 spiro atoms. The van der Waals surface area contributed by atoms with Crippen molar-refractivity contribution in [3.8, 4) is 5.75 Å². The molecular weight excluding hydrogens is 268 g/mol. The minimum absolute atomic E-state index is 0.0476. The van der Waals surface area contributed by atoms with Crippen LogP contribution in [0.3, 0.4) is 0 Å². The van der Waals surface area contributed by atoms with Crippen LogP contribution in [0, 0.1) is 4.91 Å². The van der Waals surface area contributed by atoms with Crippen molar-refractivity contribution in [1.29, 1.82) is 0 Å². The van der Waals surface area contributed by atoms with Gasteiger partial charge in [0, 0.05) is 29.8 Å². The Balaban J connectivity index is 1.77. The number of hydrogen-bond donors (Lipinski definition) is 1. The van der Waals surface area contributed by atoms with Gasteiger partial charge in [-0.1, -0.05) is 12.1 Å². The monoisotopic (exact) mass is 283 g/mol. The van der Waals surface area contributed by atoms with E-state index in [1.165, 1.54) is 0 Å². The number of ether oxygens (including phenoxy) is 1. The molecule has 1 atom stereocenters. The maximum atomic E-state index is 11.9. The van der Waals surface area contributed by atoms with Crippen molar-refractivity contribution in [1.82, 2.24) is 5.32 Å². The smallest absolute Gasteiger partial charge is 0.352 e. The minimum atomic E-state index is -0.564. The average molecular weight is 284 g/mol. The van der Waals surface area contributed by atoms with Crippen LogP contribution in [0.4, 0.5) is 5.69 Å². The average Bonchev–Trinajstić information content (AvgIpc) is 2.74. The molecule has 2 rings (SSSR count). The molecule has 1 N–H and O–H groups in total. The maximum Gasteiger partial charge on any atom is 0.352 e. The molecule has 1 aliphatic rings. The third-order valence-electron chi connectivity index (χ3n) is 2.88. The van der Waals surface area contributed by atoms with E-state index in [2.05, 4.69) is 5.32 Å². The molecule has 0 fully saturated rings. The summed E-state index contributed by atoms with van der Waals surface area (Å²) in [5, 5.41) is 2.75. The lowest BCUT2D eigenvalue weighted by Crippen LogP contribution is -2.30. The Labute approximate surface area is 116 Å². The van der Waals surface area contributed by atoms with Crippen LogP contribution >= 0.6 is 11.6 Å². The first-order chi connectivity index (χ1) is 9.22. The van der Waals surface area contributed by atoms with Gasteiger partial charge >= 0.3 is 11.9 Å². The maximum absolute atomic E-state index is 11.9. The first-order valence-electron chi connectivity index (χ1n) is 6.27. The highest BCUT2D eigenvalue weighted by Crippen LogP contribution is 2.35. The van der Waals surface area contributed by atoms with Gasteiger partial charge in [0.05, 0.1) is 11.2 Å². The Morgan fingerprint density at radius 3 is 2.95 bits per heavy atom. The summed E-state index contributed by atoms with van der Waals surface area (Å²) >= 11 is 5.51. The first kappa shape index (κ1) is 13.8. The summed E-state index contributed by atoms with van der Waals surface area (Å²) in [5.41, 5.74) is 0.543. The fraction of sp³-hybridized carbons (Fsp3) is 0.462. The molecule has 1 amide bonds. The van der Waals surface area contributed by atoms with Gasteiger partial charge < -0.3 is 10.1 Å². The summed E-state index contributed by atoms with van der Waals surface area (Å²) in [7, 11) is 0. The number of rotatable bonds is 6. The van der Waals surface area contributed by atoms with Crippen molar-refractivity contribution < 1.29 is 14.3 Å². The highest BCUT2D eigenvalue weighted by atomic mass is 35.5. The Morgan fingerprint density at radius 1 is 1.42 bits per heavy atom. The van der Waals surface area contributed by atoms with E-state index in [9.17, 15) is 9.70 Å². The molecule has 1 aromatic rings. The molecule has 0 bridgehead atoms. The summed E-state index contributed by atoms with van der Waals surface area (Å²) in [5.74, 6) is 1.02. The number of para-hydroxylation sites is 2. The fourth-order valence-corrected chi connectivity index (χ4v) is 2.05. The van der Waals surface area contributed by atoms with Crippen LogP contribution in [0.1, 0.15) is 19.3 Å². The number of nitrogens with zero attached hydrogens (tertiary/aromatic N) is 1. The largest absolute Gasteiger partial charge is 0.423 e. The van der Waals surface area contributed by atoms with Crippen LogP contribution in [-0.4, -0.2) is 29.3 Å². The first-order valence-corrected chi connectivity index (χ1v) is 6.80. The molecule has 0 saturated heterocycles. The number of alkyl halides is 1. The standard InChI is InChI=1S/C13H15ClN2O3/c14-8-3-6-12(17)15-9-7-13-16(18)10-4-1-2-5-11(10)19-13/h1-2,4-5,13H,3,6-9H2/p+1. The van der Waals surface area contributed by atoms with Crippen LogP contribution in [0.5, 0.6) is 5.75 Å². The molecular formula is C13H16ClN2O3+. The topological polar surface area (TPSA) is 58.4 Å². The quantitative estimate of drug-likeness (QED) is 0.644. The lowest BCUT2D eigenvalue weighted by molar-refractivity contribution is -0.529. The lowest BCUT2D eigenvalue weighted by Gasteiger charge is -2.05. The van der Waals surface area contributed by atoms with Gasteiger partial charge in [-0.05, 0) is 12.5 Å². The number of carbonyl (C=O) groups is 1. The van der Waals surface area contributed by atoms with Gasteiger partial charge in [0.15, 0.2) is 0 Å². The van der Waals surface area contributed by atoms with Crippen molar-refractivity contribution >= 4 is 23.2 Å². The van der Waals surface area contributed by atoms with Gasteiger partial charge in [-0.25, -0.2) is 0 Å². The van der Waals surface area contributed by atoms with Crippen molar-refractivity contribution in [3.63, 3.8) is 0 Å². The van der Waals surface area contributed by atoms with E-state index in [1.807, 2.05) is 6.07 Å². The van der Waals surface area contributed by atoms with Crippen LogP contribution in [0.2, 0.25) is 0 Å². The zero-order chi connectivity index (χ0) is 13.7. The Hall–Kier alpha value is -1.62. The van der Waals surface area contributed by atoms with E-state index in [4.69, 9.17) is 16.3 Å². The van der Waals surface area contributed by atoms with Gasteiger partial charge in [-0.3, -0.25) is 4.79 Å². The minimum Gasteiger partial charge on any atom is -0.423 e. The number of benzene rings is 1. The normalized spacial score (nSPS) is 16.9. The molecule has 0 aromatic heterocycles. The third kappa shape index (κ3) is 3.44. The number of fused-ring (bicyclic) bond motifs is 1. The number of carbonyl (C=O) groups excluding carboxylic acids is 1. The molecule has 19 heavy (non-hydrogen) atoms.